The van der Waals surface area contributed by atoms with Crippen molar-refractivity contribution < 1.29 is 14.6 Å². The van der Waals surface area contributed by atoms with Crippen molar-refractivity contribution in [3.63, 3.8) is 0 Å². The van der Waals surface area contributed by atoms with Crippen molar-refractivity contribution in [2.24, 2.45) is 0 Å². The van der Waals surface area contributed by atoms with Crippen molar-refractivity contribution in [1.29, 1.82) is 0 Å². The zero-order chi connectivity index (χ0) is 15.0. The highest BCUT2D eigenvalue weighted by Gasteiger charge is 2.07. The summed E-state index contributed by atoms with van der Waals surface area (Å²) in [5, 5.41) is 8.90. The SMILES string of the molecule is CCCC(C)N(C)CCCOc1cccc(C(=O)O)c1. The van der Waals surface area contributed by atoms with Gasteiger partial charge in [-0.2, -0.15) is 0 Å². The number of nitrogens with zero attached hydrogens (tertiary/aromatic N) is 1. The van der Waals surface area contributed by atoms with Gasteiger partial charge in [0.15, 0.2) is 0 Å². The lowest BCUT2D eigenvalue weighted by atomic mass is 10.2. The van der Waals surface area contributed by atoms with Gasteiger partial charge in [-0.3, -0.25) is 0 Å². The van der Waals surface area contributed by atoms with E-state index in [0.717, 1.165) is 13.0 Å². The van der Waals surface area contributed by atoms with Gasteiger partial charge in [-0.1, -0.05) is 19.4 Å². The summed E-state index contributed by atoms with van der Waals surface area (Å²) < 4.78 is 5.60. The number of benzene rings is 1. The van der Waals surface area contributed by atoms with Crippen LogP contribution in [0.4, 0.5) is 0 Å². The van der Waals surface area contributed by atoms with Crippen LogP contribution in [0.2, 0.25) is 0 Å². The summed E-state index contributed by atoms with van der Waals surface area (Å²) in [6.45, 7) is 6.02. The molecule has 0 saturated carbocycles. The van der Waals surface area contributed by atoms with E-state index >= 15 is 0 Å². The van der Waals surface area contributed by atoms with Crippen LogP contribution in [-0.2, 0) is 0 Å². The lowest BCUT2D eigenvalue weighted by Gasteiger charge is -2.24. The smallest absolute Gasteiger partial charge is 0.335 e. The van der Waals surface area contributed by atoms with Crippen molar-refractivity contribution in [2.75, 3.05) is 20.2 Å². The Morgan fingerprint density at radius 3 is 2.85 bits per heavy atom. The molecule has 0 saturated heterocycles. The van der Waals surface area contributed by atoms with Crippen molar-refractivity contribution in [3.05, 3.63) is 29.8 Å². The Kier molecular flexibility index (Phi) is 7.09. The van der Waals surface area contributed by atoms with E-state index in [1.54, 1.807) is 24.3 Å². The molecule has 0 aliphatic rings. The van der Waals surface area contributed by atoms with Crippen LogP contribution in [-0.4, -0.2) is 42.2 Å². The fourth-order valence-corrected chi connectivity index (χ4v) is 2.08. The second-order valence-corrected chi connectivity index (χ2v) is 5.15. The largest absolute Gasteiger partial charge is 0.494 e. The van der Waals surface area contributed by atoms with Crippen molar-refractivity contribution in [2.45, 2.75) is 39.2 Å². The number of carbonyl (C=O) groups is 1. The molecule has 0 fully saturated rings. The number of carboxylic acid groups (broad SMARTS) is 1. The van der Waals surface area contributed by atoms with E-state index in [9.17, 15) is 4.79 Å². The second kappa shape index (κ2) is 8.59. The maximum atomic E-state index is 10.8. The van der Waals surface area contributed by atoms with E-state index < -0.39 is 5.97 Å². The zero-order valence-corrected chi connectivity index (χ0v) is 12.6. The predicted octanol–water partition coefficient (Wildman–Crippen LogP) is 3.27. The highest BCUT2D eigenvalue weighted by molar-refractivity contribution is 5.87. The number of hydrogen-bond acceptors (Lipinski definition) is 3. The molecule has 0 bridgehead atoms. The van der Waals surface area contributed by atoms with Gasteiger partial charge < -0.3 is 14.7 Å². The normalized spacial score (nSPS) is 12.4. The van der Waals surface area contributed by atoms with E-state index in [1.807, 2.05) is 0 Å². The average molecular weight is 279 g/mol. The molecule has 0 radical (unpaired) electrons. The first kappa shape index (κ1) is 16.5. The Labute approximate surface area is 121 Å². The molecule has 0 aliphatic carbocycles. The van der Waals surface area contributed by atoms with Crippen LogP contribution in [0.25, 0.3) is 0 Å². The van der Waals surface area contributed by atoms with Gasteiger partial charge in [0.1, 0.15) is 5.75 Å². The van der Waals surface area contributed by atoms with Gasteiger partial charge in [0.2, 0.25) is 0 Å². The highest BCUT2D eigenvalue weighted by atomic mass is 16.5. The lowest BCUT2D eigenvalue weighted by Crippen LogP contribution is -2.30. The van der Waals surface area contributed by atoms with E-state index in [-0.39, 0.29) is 5.56 Å². The van der Waals surface area contributed by atoms with Crippen molar-refractivity contribution >= 4 is 5.97 Å². The van der Waals surface area contributed by atoms with Gasteiger partial charge in [0, 0.05) is 12.6 Å². The molecule has 1 aromatic carbocycles. The Balaban J connectivity index is 2.30. The van der Waals surface area contributed by atoms with Crippen LogP contribution in [0.1, 0.15) is 43.5 Å². The summed E-state index contributed by atoms with van der Waals surface area (Å²) >= 11 is 0. The van der Waals surface area contributed by atoms with E-state index in [0.29, 0.717) is 18.4 Å². The molecule has 112 valence electrons. The Morgan fingerprint density at radius 2 is 2.20 bits per heavy atom. The van der Waals surface area contributed by atoms with Crippen LogP contribution in [0.5, 0.6) is 5.75 Å². The third-order valence-electron chi connectivity index (χ3n) is 3.46. The van der Waals surface area contributed by atoms with Gasteiger partial charge >= 0.3 is 5.97 Å². The second-order valence-electron chi connectivity index (χ2n) is 5.15. The summed E-state index contributed by atoms with van der Waals surface area (Å²) in [5.41, 5.74) is 0.260. The Morgan fingerprint density at radius 1 is 1.45 bits per heavy atom. The van der Waals surface area contributed by atoms with Gasteiger partial charge in [-0.25, -0.2) is 4.79 Å². The van der Waals surface area contributed by atoms with Gasteiger partial charge in [-0.05, 0) is 45.0 Å². The number of hydrogen-bond donors (Lipinski definition) is 1. The maximum absolute atomic E-state index is 10.8. The summed E-state index contributed by atoms with van der Waals surface area (Å²) in [4.78, 5) is 13.2. The van der Waals surface area contributed by atoms with Crippen molar-refractivity contribution in [3.8, 4) is 5.75 Å². The third-order valence-corrected chi connectivity index (χ3v) is 3.46. The number of carboxylic acids is 1. The fraction of sp³-hybridized carbons (Fsp3) is 0.562. The third kappa shape index (κ3) is 5.61. The molecule has 1 unspecified atom stereocenters. The molecular formula is C16H25NO3. The van der Waals surface area contributed by atoms with Crippen LogP contribution in [0, 0.1) is 0 Å². The molecule has 0 aliphatic heterocycles. The predicted molar refractivity (Wildman–Crippen MR) is 80.5 cm³/mol. The standard InChI is InChI=1S/C16H25NO3/c1-4-7-13(2)17(3)10-6-11-20-15-9-5-8-14(12-15)16(18)19/h5,8-9,12-13H,4,6-7,10-11H2,1-3H3,(H,18,19). The van der Waals surface area contributed by atoms with Crippen LogP contribution in [0.15, 0.2) is 24.3 Å². The van der Waals surface area contributed by atoms with E-state index in [1.165, 1.54) is 12.8 Å². The highest BCUT2D eigenvalue weighted by Crippen LogP contribution is 2.13. The molecule has 20 heavy (non-hydrogen) atoms. The first-order valence-corrected chi connectivity index (χ1v) is 7.21. The number of rotatable bonds is 9. The molecule has 0 aromatic heterocycles. The summed E-state index contributed by atoms with van der Waals surface area (Å²) in [7, 11) is 2.13. The van der Waals surface area contributed by atoms with Crippen molar-refractivity contribution in [1.82, 2.24) is 4.90 Å². The molecule has 1 rings (SSSR count). The molecule has 1 aromatic rings. The molecule has 1 atom stereocenters. The van der Waals surface area contributed by atoms with E-state index in [4.69, 9.17) is 9.84 Å². The molecular weight excluding hydrogens is 254 g/mol. The Hall–Kier alpha value is -1.55. The molecule has 0 spiro atoms. The average Bonchev–Trinajstić information content (AvgIpc) is 2.44. The maximum Gasteiger partial charge on any atom is 0.335 e. The van der Waals surface area contributed by atoms with Crippen LogP contribution >= 0.6 is 0 Å². The zero-order valence-electron chi connectivity index (χ0n) is 12.6. The quantitative estimate of drug-likeness (QED) is 0.705. The summed E-state index contributed by atoms with van der Waals surface area (Å²) in [6.07, 6.45) is 3.34. The first-order chi connectivity index (χ1) is 9.54. The minimum atomic E-state index is -0.927. The van der Waals surface area contributed by atoms with Crippen LogP contribution < -0.4 is 4.74 Å². The topological polar surface area (TPSA) is 49.8 Å². The number of ether oxygens (including phenoxy) is 1. The Bertz CT molecular complexity index is 420. The minimum Gasteiger partial charge on any atom is -0.494 e. The van der Waals surface area contributed by atoms with Gasteiger partial charge in [0.05, 0.1) is 12.2 Å². The first-order valence-electron chi connectivity index (χ1n) is 7.21. The lowest BCUT2D eigenvalue weighted by molar-refractivity contribution is 0.0696. The molecule has 4 heteroatoms. The van der Waals surface area contributed by atoms with Crippen LogP contribution in [0.3, 0.4) is 0 Å². The number of aromatic carboxylic acids is 1. The summed E-state index contributed by atoms with van der Waals surface area (Å²) in [6, 6.07) is 7.21. The molecule has 0 amide bonds. The summed E-state index contributed by atoms with van der Waals surface area (Å²) in [5.74, 6) is -0.308. The monoisotopic (exact) mass is 279 g/mol. The minimum absolute atomic E-state index is 0.260. The van der Waals surface area contributed by atoms with Gasteiger partial charge in [0.25, 0.3) is 0 Å². The van der Waals surface area contributed by atoms with Gasteiger partial charge in [-0.15, -0.1) is 0 Å². The fourth-order valence-electron chi connectivity index (χ4n) is 2.08. The van der Waals surface area contributed by atoms with E-state index in [2.05, 4.69) is 25.8 Å². The molecule has 1 N–H and O–H groups in total. The molecule has 4 nitrogen and oxygen atoms in total. The molecule has 0 heterocycles.